The maximum absolute atomic E-state index is 11.9. The van der Waals surface area contributed by atoms with Crippen LogP contribution < -0.4 is 5.32 Å². The summed E-state index contributed by atoms with van der Waals surface area (Å²) in [5.41, 5.74) is 1.35. The van der Waals surface area contributed by atoms with E-state index >= 15 is 0 Å². The predicted molar refractivity (Wildman–Crippen MR) is 115 cm³/mol. The summed E-state index contributed by atoms with van der Waals surface area (Å²) < 4.78 is 5.14. The van der Waals surface area contributed by atoms with Gasteiger partial charge >= 0.3 is 5.97 Å². The molecular weight excluding hydrogens is 449 g/mol. The Morgan fingerprint density at radius 2 is 2.16 bits per heavy atom. The minimum atomic E-state index is -0.0508. The molecular formula is C18H30IN3O2S. The Kier molecular flexibility index (Phi) is 10.4. The van der Waals surface area contributed by atoms with Crippen molar-refractivity contribution in [3.05, 3.63) is 22.4 Å². The monoisotopic (exact) mass is 479 g/mol. The van der Waals surface area contributed by atoms with Gasteiger partial charge in [0.2, 0.25) is 0 Å². The minimum absolute atomic E-state index is 0. The summed E-state index contributed by atoms with van der Waals surface area (Å²) in [4.78, 5) is 18.9. The van der Waals surface area contributed by atoms with Crippen LogP contribution in [0.5, 0.6) is 0 Å². The maximum Gasteiger partial charge on any atom is 0.309 e. The van der Waals surface area contributed by atoms with Gasteiger partial charge in [-0.2, -0.15) is 11.3 Å². The first-order valence-corrected chi connectivity index (χ1v) is 9.81. The number of carbonyl (C=O) groups is 1. The Labute approximate surface area is 172 Å². The molecule has 5 nitrogen and oxygen atoms in total. The number of likely N-dealkylation sites (tertiary alicyclic amines) is 1. The number of rotatable bonds is 6. The number of hydrogen-bond donors (Lipinski definition) is 1. The van der Waals surface area contributed by atoms with Gasteiger partial charge in [-0.3, -0.25) is 9.79 Å². The SMILES string of the molecule is CCNC(=NCC(C)c1ccsc1)N1CCC(C(=O)OCC)CC1.I. The van der Waals surface area contributed by atoms with Crippen LogP contribution in [0.2, 0.25) is 0 Å². The Bertz CT molecular complexity index is 528. The molecule has 7 heteroatoms. The van der Waals surface area contributed by atoms with Crippen molar-refractivity contribution in [2.75, 3.05) is 32.8 Å². The van der Waals surface area contributed by atoms with E-state index in [2.05, 4.69) is 40.9 Å². The Morgan fingerprint density at radius 3 is 2.72 bits per heavy atom. The Morgan fingerprint density at radius 1 is 1.44 bits per heavy atom. The van der Waals surface area contributed by atoms with E-state index in [9.17, 15) is 4.79 Å². The molecule has 1 N–H and O–H groups in total. The molecule has 0 aromatic carbocycles. The van der Waals surface area contributed by atoms with Crippen LogP contribution in [0.3, 0.4) is 0 Å². The zero-order valence-electron chi connectivity index (χ0n) is 15.4. The predicted octanol–water partition coefficient (Wildman–Crippen LogP) is 3.71. The molecule has 1 aliphatic heterocycles. The van der Waals surface area contributed by atoms with Crippen LogP contribution >= 0.6 is 35.3 Å². The molecule has 0 radical (unpaired) electrons. The van der Waals surface area contributed by atoms with Crippen molar-refractivity contribution in [1.29, 1.82) is 0 Å². The highest BCUT2D eigenvalue weighted by Gasteiger charge is 2.27. The standard InChI is InChI=1S/C18H29N3O2S.HI/c1-4-19-18(20-12-14(3)16-8-11-24-13-16)21-9-6-15(7-10-21)17(22)23-5-2;/h8,11,13-15H,4-7,9-10,12H2,1-3H3,(H,19,20);1H. The van der Waals surface area contributed by atoms with Crippen molar-refractivity contribution in [1.82, 2.24) is 10.2 Å². The molecule has 1 aromatic rings. The molecule has 142 valence electrons. The average Bonchev–Trinajstić information content (AvgIpc) is 3.13. The summed E-state index contributed by atoms with van der Waals surface area (Å²) >= 11 is 1.73. The third kappa shape index (κ3) is 6.77. The van der Waals surface area contributed by atoms with Crippen molar-refractivity contribution in [3.8, 4) is 0 Å². The molecule has 0 saturated carbocycles. The van der Waals surface area contributed by atoms with E-state index in [-0.39, 0.29) is 35.9 Å². The van der Waals surface area contributed by atoms with Crippen LogP contribution in [0, 0.1) is 5.92 Å². The molecule has 2 rings (SSSR count). The van der Waals surface area contributed by atoms with Gasteiger partial charge in [-0.1, -0.05) is 6.92 Å². The molecule has 1 aliphatic rings. The van der Waals surface area contributed by atoms with Crippen LogP contribution in [0.4, 0.5) is 0 Å². The molecule has 1 saturated heterocycles. The van der Waals surface area contributed by atoms with Crippen molar-refractivity contribution in [2.45, 2.75) is 39.5 Å². The maximum atomic E-state index is 11.9. The summed E-state index contributed by atoms with van der Waals surface area (Å²) in [6, 6.07) is 2.17. The lowest BCUT2D eigenvalue weighted by molar-refractivity contribution is -0.149. The summed E-state index contributed by atoms with van der Waals surface area (Å²) in [6.07, 6.45) is 1.67. The van der Waals surface area contributed by atoms with Crippen LogP contribution in [0.25, 0.3) is 0 Å². The van der Waals surface area contributed by atoms with Gasteiger partial charge in [0.25, 0.3) is 0 Å². The zero-order chi connectivity index (χ0) is 17.4. The fraction of sp³-hybridized carbons (Fsp3) is 0.667. The number of carbonyl (C=O) groups excluding carboxylic acids is 1. The van der Waals surface area contributed by atoms with Gasteiger partial charge in [0.15, 0.2) is 5.96 Å². The molecule has 1 aromatic heterocycles. The van der Waals surface area contributed by atoms with Gasteiger partial charge < -0.3 is 15.0 Å². The lowest BCUT2D eigenvalue weighted by Crippen LogP contribution is -2.46. The molecule has 0 bridgehead atoms. The van der Waals surface area contributed by atoms with Crippen molar-refractivity contribution in [3.63, 3.8) is 0 Å². The number of hydrogen-bond acceptors (Lipinski definition) is 4. The molecule has 1 unspecified atom stereocenters. The third-order valence-electron chi connectivity index (χ3n) is 4.38. The van der Waals surface area contributed by atoms with Crippen LogP contribution in [-0.4, -0.2) is 49.6 Å². The quantitative estimate of drug-likeness (QED) is 0.293. The normalized spacial score (nSPS) is 16.9. The number of thiophene rings is 1. The second kappa shape index (κ2) is 11.7. The van der Waals surface area contributed by atoms with Gasteiger partial charge in [0, 0.05) is 32.1 Å². The average molecular weight is 479 g/mol. The number of esters is 1. The summed E-state index contributed by atoms with van der Waals surface area (Å²) in [5, 5.41) is 7.69. The van der Waals surface area contributed by atoms with E-state index in [1.165, 1.54) is 5.56 Å². The lowest BCUT2D eigenvalue weighted by Gasteiger charge is -2.33. The molecule has 25 heavy (non-hydrogen) atoms. The summed E-state index contributed by atoms with van der Waals surface area (Å²) in [7, 11) is 0. The van der Waals surface area contributed by atoms with Crippen molar-refractivity contribution < 1.29 is 9.53 Å². The fourth-order valence-electron chi connectivity index (χ4n) is 2.90. The number of aliphatic imine (C=N–C) groups is 1. The van der Waals surface area contributed by atoms with E-state index in [0.717, 1.165) is 45.0 Å². The minimum Gasteiger partial charge on any atom is -0.466 e. The number of ether oxygens (including phenoxy) is 1. The molecule has 0 spiro atoms. The summed E-state index contributed by atoms with van der Waals surface area (Å²) in [6.45, 7) is 9.94. The number of nitrogens with one attached hydrogen (secondary N) is 1. The molecule has 0 aliphatic carbocycles. The zero-order valence-corrected chi connectivity index (χ0v) is 18.5. The highest BCUT2D eigenvalue weighted by molar-refractivity contribution is 14.0. The van der Waals surface area contributed by atoms with E-state index in [1.807, 2.05) is 6.92 Å². The van der Waals surface area contributed by atoms with Gasteiger partial charge in [-0.05, 0) is 49.1 Å². The van der Waals surface area contributed by atoms with Gasteiger partial charge in [-0.25, -0.2) is 0 Å². The van der Waals surface area contributed by atoms with E-state index in [1.54, 1.807) is 11.3 Å². The van der Waals surface area contributed by atoms with E-state index in [4.69, 9.17) is 9.73 Å². The molecule has 1 fully saturated rings. The van der Waals surface area contributed by atoms with Crippen LogP contribution in [-0.2, 0) is 9.53 Å². The second-order valence-corrected chi connectivity index (χ2v) is 6.95. The first kappa shape index (κ1) is 22.2. The second-order valence-electron chi connectivity index (χ2n) is 6.17. The third-order valence-corrected chi connectivity index (χ3v) is 5.08. The largest absolute Gasteiger partial charge is 0.466 e. The highest BCUT2D eigenvalue weighted by atomic mass is 127. The lowest BCUT2D eigenvalue weighted by atomic mass is 9.97. The van der Waals surface area contributed by atoms with Gasteiger partial charge in [0.1, 0.15) is 0 Å². The Hall–Kier alpha value is -0.830. The number of guanidine groups is 1. The van der Waals surface area contributed by atoms with Gasteiger partial charge in [0.05, 0.1) is 12.5 Å². The van der Waals surface area contributed by atoms with Gasteiger partial charge in [-0.15, -0.1) is 24.0 Å². The van der Waals surface area contributed by atoms with Crippen molar-refractivity contribution >= 4 is 47.2 Å². The summed E-state index contributed by atoms with van der Waals surface area (Å²) in [5.74, 6) is 1.36. The molecule has 0 amide bonds. The smallest absolute Gasteiger partial charge is 0.309 e. The first-order valence-electron chi connectivity index (χ1n) is 8.87. The van der Waals surface area contributed by atoms with Crippen LogP contribution in [0.15, 0.2) is 21.8 Å². The highest BCUT2D eigenvalue weighted by Crippen LogP contribution is 2.20. The van der Waals surface area contributed by atoms with E-state index in [0.29, 0.717) is 12.5 Å². The van der Waals surface area contributed by atoms with Crippen molar-refractivity contribution in [2.24, 2.45) is 10.9 Å². The first-order chi connectivity index (χ1) is 11.7. The van der Waals surface area contributed by atoms with E-state index < -0.39 is 0 Å². The number of piperidine rings is 1. The Balaban J connectivity index is 0.00000312. The molecule has 2 heterocycles. The fourth-order valence-corrected chi connectivity index (χ4v) is 3.68. The number of nitrogens with zero attached hydrogens (tertiary/aromatic N) is 2. The number of halogens is 1. The van der Waals surface area contributed by atoms with Crippen LogP contribution in [0.1, 0.15) is 45.1 Å². The molecule has 1 atom stereocenters. The topological polar surface area (TPSA) is 53.9 Å².